The normalized spacial score (nSPS) is 18.6. The third kappa shape index (κ3) is 16.1. The highest BCUT2D eigenvalue weighted by Gasteiger charge is 2.51. The second kappa shape index (κ2) is 28.4. The van der Waals surface area contributed by atoms with Gasteiger partial charge in [0.2, 0.25) is 11.2 Å². The minimum Gasteiger partial charge on any atom is -0.495 e. The fourth-order valence-corrected chi connectivity index (χ4v) is 15.6. The SMILES string of the molecule is COc1cc(N2CCC(N3CCN(C)C4(CC4)C3)CC2)ccc1N.COc1cc(N2CCC(N3CCN(C)C4(CC4)C3)CC2)ccc1Nc1ncc(Cl)c(Nc2ccc3nccnc3c2CS(C)(=O)=O)n1.CS(=O)(=O)Cc1c(Nc2nc(Cl)ncc2Cl)ccc2nccnc12. The molecule has 95 heavy (non-hydrogen) atoms. The first-order valence-corrected chi connectivity index (χ1v) is 37.2. The Kier molecular flexibility index (Phi) is 20.3. The van der Waals surface area contributed by atoms with E-state index in [1.807, 2.05) is 12.1 Å². The first-order chi connectivity index (χ1) is 45.5. The zero-order valence-electron chi connectivity index (χ0n) is 54.3. The summed E-state index contributed by atoms with van der Waals surface area (Å²) in [6, 6.07) is 20.6. The van der Waals surface area contributed by atoms with Gasteiger partial charge in [0.15, 0.2) is 31.3 Å². The molecule has 0 atom stereocenters. The number of piperidine rings is 2. The number of fused-ring (bicyclic) bond motifs is 2. The zero-order valence-corrected chi connectivity index (χ0v) is 58.2. The number of ether oxygens (including phenoxy) is 2. The number of anilines is 9. The van der Waals surface area contributed by atoms with Gasteiger partial charge >= 0.3 is 0 Å². The maximum atomic E-state index is 12.3. The molecule has 14 rings (SSSR count). The molecule has 0 radical (unpaired) electrons. The van der Waals surface area contributed by atoms with Crippen molar-refractivity contribution in [3.8, 4) is 11.5 Å². The fourth-order valence-electron chi connectivity index (χ4n) is 13.6. The van der Waals surface area contributed by atoms with Crippen LogP contribution in [0, 0.1) is 0 Å². The number of benzene rings is 4. The van der Waals surface area contributed by atoms with Crippen LogP contribution in [0.4, 0.5) is 51.7 Å². The molecule has 4 aromatic heterocycles. The minimum atomic E-state index is -3.38. The Bertz CT molecular complexity index is 4330. The molecule has 4 saturated heterocycles. The molecule has 0 amide bonds. The molecule has 8 heterocycles. The number of nitrogens with one attached hydrogen (secondary N) is 3. The van der Waals surface area contributed by atoms with E-state index in [-0.39, 0.29) is 32.7 Å². The molecule has 4 aromatic carbocycles. The van der Waals surface area contributed by atoms with E-state index in [4.69, 9.17) is 50.0 Å². The van der Waals surface area contributed by atoms with Crippen LogP contribution in [0.1, 0.15) is 62.5 Å². The van der Waals surface area contributed by atoms with Gasteiger partial charge in [-0.1, -0.05) is 23.2 Å². The van der Waals surface area contributed by atoms with Gasteiger partial charge in [0, 0.05) is 172 Å². The quantitative estimate of drug-likeness (QED) is 0.0517. The molecular weight excluding hydrogens is 1310 g/mol. The fraction of sp³-hybridized carbons (Fsp3) is 0.455. The van der Waals surface area contributed by atoms with Crippen LogP contribution < -0.4 is 41.0 Å². The van der Waals surface area contributed by atoms with E-state index in [1.165, 1.54) is 115 Å². The Labute approximate surface area is 570 Å². The summed E-state index contributed by atoms with van der Waals surface area (Å²) in [5.74, 6) is 1.91. The number of aromatic nitrogens is 8. The number of nitrogen functional groups attached to an aromatic ring is 1. The highest BCUT2D eigenvalue weighted by molar-refractivity contribution is 7.90. The van der Waals surface area contributed by atoms with Gasteiger partial charge in [-0.25, -0.2) is 26.8 Å². The topological polar surface area (TPSA) is 271 Å². The van der Waals surface area contributed by atoms with Crippen molar-refractivity contribution in [3.05, 3.63) is 124 Å². The summed E-state index contributed by atoms with van der Waals surface area (Å²) in [7, 11) is 1.25. The third-order valence-corrected chi connectivity index (χ3v) is 21.7. The van der Waals surface area contributed by atoms with Gasteiger partial charge in [-0.15, -0.1) is 0 Å². The van der Waals surface area contributed by atoms with Gasteiger partial charge in [0.1, 0.15) is 21.5 Å². The number of sulfone groups is 2. The van der Waals surface area contributed by atoms with E-state index in [2.05, 4.69) is 124 Å². The van der Waals surface area contributed by atoms with Crippen molar-refractivity contribution in [2.45, 2.75) is 86.0 Å². The highest BCUT2D eigenvalue weighted by Crippen LogP contribution is 2.46. The summed E-state index contributed by atoms with van der Waals surface area (Å²) < 4.78 is 59.4. The lowest BCUT2D eigenvalue weighted by molar-refractivity contribution is 0.0434. The van der Waals surface area contributed by atoms with Gasteiger partial charge in [-0.05, 0) is 126 Å². The Morgan fingerprint density at radius 3 is 1.45 bits per heavy atom. The van der Waals surface area contributed by atoms with Gasteiger partial charge in [0.25, 0.3) is 0 Å². The first kappa shape index (κ1) is 67.7. The predicted molar refractivity (Wildman–Crippen MR) is 378 cm³/mol. The monoisotopic (exact) mass is 1390 g/mol. The number of halogens is 3. The van der Waals surface area contributed by atoms with Crippen molar-refractivity contribution < 1.29 is 26.3 Å². The average Bonchev–Trinajstić information content (AvgIpc) is 1.67. The lowest BCUT2D eigenvalue weighted by Crippen LogP contribution is -2.57. The van der Waals surface area contributed by atoms with E-state index >= 15 is 0 Å². The molecule has 504 valence electrons. The minimum absolute atomic E-state index is 0.0205. The van der Waals surface area contributed by atoms with E-state index in [9.17, 15) is 16.8 Å². The van der Waals surface area contributed by atoms with Crippen LogP contribution in [0.15, 0.2) is 97.8 Å². The molecule has 2 saturated carbocycles. The molecule has 29 heteroatoms. The number of rotatable bonds is 16. The maximum Gasteiger partial charge on any atom is 0.229 e. The number of piperazine rings is 2. The Hall–Kier alpha value is -7.27. The number of hydrogen-bond acceptors (Lipinski definition) is 24. The number of nitrogens with zero attached hydrogens (tertiary/aromatic N) is 14. The maximum absolute atomic E-state index is 12.3. The molecule has 24 nitrogen and oxygen atoms in total. The second-order valence-corrected chi connectivity index (χ2v) is 31.2. The largest absolute Gasteiger partial charge is 0.495 e. The van der Waals surface area contributed by atoms with Crippen molar-refractivity contribution in [2.75, 3.05) is 138 Å². The van der Waals surface area contributed by atoms with Crippen LogP contribution in [0.5, 0.6) is 11.5 Å². The van der Waals surface area contributed by atoms with Gasteiger partial charge in [-0.3, -0.25) is 39.5 Å². The summed E-state index contributed by atoms with van der Waals surface area (Å²) in [5, 5.41) is 10.0. The van der Waals surface area contributed by atoms with Crippen molar-refractivity contribution in [3.63, 3.8) is 0 Å². The number of methoxy groups -OCH3 is 2. The smallest absolute Gasteiger partial charge is 0.229 e. The van der Waals surface area contributed by atoms with Crippen LogP contribution >= 0.6 is 34.8 Å². The molecule has 2 aliphatic carbocycles. The van der Waals surface area contributed by atoms with E-state index in [1.54, 1.807) is 50.9 Å². The van der Waals surface area contributed by atoms with Crippen LogP contribution in [-0.2, 0) is 31.2 Å². The van der Waals surface area contributed by atoms with E-state index < -0.39 is 19.7 Å². The number of nitrogens with two attached hydrogens (primary N) is 1. The van der Waals surface area contributed by atoms with Crippen molar-refractivity contribution >= 4 is 128 Å². The Morgan fingerprint density at radius 2 is 0.979 bits per heavy atom. The van der Waals surface area contributed by atoms with Crippen LogP contribution in [0.3, 0.4) is 0 Å². The average molecular weight is 1390 g/mol. The van der Waals surface area contributed by atoms with Crippen LogP contribution in [0.2, 0.25) is 15.3 Å². The lowest BCUT2D eigenvalue weighted by Gasteiger charge is -2.46. The summed E-state index contributed by atoms with van der Waals surface area (Å²) in [6.07, 6.45) is 21.6. The van der Waals surface area contributed by atoms with Gasteiger partial charge < -0.3 is 41.0 Å². The van der Waals surface area contributed by atoms with Crippen LogP contribution in [0.25, 0.3) is 22.1 Å². The van der Waals surface area contributed by atoms with Crippen molar-refractivity contribution in [1.29, 1.82) is 0 Å². The van der Waals surface area contributed by atoms with E-state index in [0.29, 0.717) is 90.6 Å². The number of likely N-dealkylation sites (N-methyl/N-ethyl adjacent to an activating group) is 2. The van der Waals surface area contributed by atoms with E-state index in [0.717, 1.165) is 62.8 Å². The lowest BCUT2D eigenvalue weighted by atomic mass is 9.99. The summed E-state index contributed by atoms with van der Waals surface area (Å²) >= 11 is 18.3. The van der Waals surface area contributed by atoms with Gasteiger partial charge in [0.05, 0.1) is 71.6 Å². The molecule has 6 aliphatic rings. The molecule has 8 aromatic rings. The Balaban J connectivity index is 0.000000151. The molecular formula is C66H81Cl3N18O6S2. The third-order valence-electron chi connectivity index (χ3n) is 19.3. The number of hydrogen-bond donors (Lipinski definition) is 4. The summed E-state index contributed by atoms with van der Waals surface area (Å²) in [4.78, 5) is 49.5. The molecule has 2 spiro atoms. The molecule has 0 bridgehead atoms. The van der Waals surface area contributed by atoms with Crippen molar-refractivity contribution in [2.24, 2.45) is 0 Å². The first-order valence-electron chi connectivity index (χ1n) is 31.9. The summed E-state index contributed by atoms with van der Waals surface area (Å²) in [5.41, 5.74) is 14.8. The predicted octanol–water partition coefficient (Wildman–Crippen LogP) is 9.90. The molecule has 4 aliphatic heterocycles. The molecule has 6 fully saturated rings. The summed E-state index contributed by atoms with van der Waals surface area (Å²) in [6.45, 7) is 11.6. The zero-order chi connectivity index (χ0) is 66.8. The van der Waals surface area contributed by atoms with Gasteiger partial charge in [-0.2, -0.15) is 9.97 Å². The molecule has 0 unspecified atom stereocenters. The standard InChI is InChI=1S/C33H40ClN9O3S.C19H30N4O.C14H11Cl2N5O2S/c1-41-16-17-43(21-33(41)10-11-33)22-8-14-42(15-9-22)23-4-5-27(29(18-23)46-2)39-32-37-19-25(34)31(40-32)38-26-6-7-28-30(36-13-12-35-28)24(26)20-47(3,44)45;1-21-11-12-23(14-19(21)7-8-19)15-5-9-22(10-6-15)16-3-4-17(20)18(13-16)24-2;1-24(22,23)7-8-10(2-3-11-12(8)18-5-4-17-11)20-13-9(15)6-19-14(16)21-13/h4-7,12-13,18-19,22H,8-11,14-17,20-21H2,1-3H3,(H2,37,38,39,40);3-4,13,15H,5-12,14,20H2,1-2H3;2-6H,7H2,1H3,(H,19,20,21). The highest BCUT2D eigenvalue weighted by atomic mass is 35.5. The molecule has 5 N–H and O–H groups in total. The van der Waals surface area contributed by atoms with Crippen LogP contribution in [-0.4, -0.2) is 206 Å². The second-order valence-electron chi connectivity index (χ2n) is 25.8. The Morgan fingerprint density at radius 1 is 0.537 bits per heavy atom. The van der Waals surface area contributed by atoms with Crippen molar-refractivity contribution in [1.82, 2.24) is 59.5 Å².